The molecule has 9 aromatic carbocycles. The molecule has 0 aliphatic heterocycles. The van der Waals surface area contributed by atoms with Gasteiger partial charge in [0.05, 0.1) is 56.2 Å². The Labute approximate surface area is 390 Å². The molecular formula is C57H29F6N3S2. The van der Waals surface area contributed by atoms with Gasteiger partial charge in [-0.1, -0.05) is 97.1 Å². The Kier molecular flexibility index (Phi) is 8.63. The Bertz CT molecular complexity index is 4300. The summed E-state index contributed by atoms with van der Waals surface area (Å²) in [6.45, 7) is 0. The van der Waals surface area contributed by atoms with E-state index in [4.69, 9.17) is 0 Å². The fourth-order valence-electron chi connectivity index (χ4n) is 10.4. The molecule has 13 rings (SSSR count). The molecule has 0 aliphatic rings. The second kappa shape index (κ2) is 14.5. The smallest absolute Gasteiger partial charge is 0.309 e. The van der Waals surface area contributed by atoms with Crippen LogP contribution in [0.3, 0.4) is 0 Å². The van der Waals surface area contributed by atoms with Gasteiger partial charge in [-0.15, -0.1) is 22.7 Å². The summed E-state index contributed by atoms with van der Waals surface area (Å²) in [5.41, 5.74) is 1.31. The van der Waals surface area contributed by atoms with E-state index < -0.39 is 29.0 Å². The quantitative estimate of drug-likeness (QED) is 0.162. The van der Waals surface area contributed by atoms with E-state index in [1.165, 1.54) is 12.1 Å². The third-order valence-electron chi connectivity index (χ3n) is 13.2. The fourth-order valence-corrected chi connectivity index (χ4v) is 13.0. The van der Waals surface area contributed by atoms with Crippen molar-refractivity contribution in [1.82, 2.24) is 9.13 Å². The second-order valence-electron chi connectivity index (χ2n) is 16.9. The van der Waals surface area contributed by atoms with E-state index >= 15 is 0 Å². The molecule has 0 saturated heterocycles. The molecule has 0 bridgehead atoms. The number of rotatable bonds is 4. The molecular weight excluding hydrogens is 905 g/mol. The molecule has 4 heterocycles. The molecule has 4 aromatic heterocycles. The van der Waals surface area contributed by atoms with Crippen molar-refractivity contribution >= 4 is 107 Å². The first-order valence-corrected chi connectivity index (χ1v) is 23.2. The SMILES string of the molecule is N#Cc1ccc(-n2c3ccccc3c3c4sc5ccccc5c4ccc32)c(-c2cc(-c3c(C(F)(F)F)cccc3C(F)(F)F)ccc2-n2c3ccccc3c3c4sc5ccccc5c4ccc32)c1. The average molecular weight is 934 g/mol. The third kappa shape index (κ3) is 5.84. The van der Waals surface area contributed by atoms with Crippen molar-refractivity contribution in [2.24, 2.45) is 0 Å². The number of fused-ring (bicyclic) bond motifs is 14. The molecule has 326 valence electrons. The molecule has 11 heteroatoms. The van der Waals surface area contributed by atoms with Crippen molar-refractivity contribution in [3.8, 4) is 39.7 Å². The zero-order chi connectivity index (χ0) is 46.2. The summed E-state index contributed by atoms with van der Waals surface area (Å²) >= 11 is 3.36. The number of nitriles is 1. The van der Waals surface area contributed by atoms with Crippen molar-refractivity contribution in [3.05, 3.63) is 193 Å². The lowest BCUT2D eigenvalue weighted by molar-refractivity contribution is -0.142. The van der Waals surface area contributed by atoms with E-state index in [1.54, 1.807) is 40.9 Å². The van der Waals surface area contributed by atoms with Crippen LogP contribution in [0, 0.1) is 11.3 Å². The summed E-state index contributed by atoms with van der Waals surface area (Å²) in [6, 6.07) is 54.6. The average Bonchev–Trinajstić information content (AvgIpc) is 4.10. The minimum atomic E-state index is -5.12. The first-order chi connectivity index (χ1) is 33.0. The maximum absolute atomic E-state index is 15.0. The fraction of sp³-hybridized carbons (Fsp3) is 0.0351. The molecule has 0 spiro atoms. The summed E-state index contributed by atoms with van der Waals surface area (Å²) in [5, 5.41) is 18.8. The Morgan fingerprint density at radius 1 is 0.412 bits per heavy atom. The maximum atomic E-state index is 15.0. The molecule has 3 nitrogen and oxygen atoms in total. The van der Waals surface area contributed by atoms with Gasteiger partial charge in [0.25, 0.3) is 0 Å². The lowest BCUT2D eigenvalue weighted by atomic mass is 9.90. The zero-order valence-corrected chi connectivity index (χ0v) is 36.8. The number of hydrogen-bond donors (Lipinski definition) is 0. The summed E-state index contributed by atoms with van der Waals surface area (Å²) in [4.78, 5) is 0. The van der Waals surface area contributed by atoms with Crippen LogP contribution in [-0.4, -0.2) is 9.13 Å². The summed E-state index contributed by atoms with van der Waals surface area (Å²) < 4.78 is 98.5. The molecule has 0 unspecified atom stereocenters. The molecule has 68 heavy (non-hydrogen) atoms. The Morgan fingerprint density at radius 2 is 0.868 bits per heavy atom. The predicted octanol–water partition coefficient (Wildman–Crippen LogP) is 17.9. The summed E-state index contributed by atoms with van der Waals surface area (Å²) in [5.74, 6) is 0. The highest BCUT2D eigenvalue weighted by molar-refractivity contribution is 7.27. The van der Waals surface area contributed by atoms with E-state index in [2.05, 4.69) is 59.2 Å². The Morgan fingerprint density at radius 3 is 1.37 bits per heavy atom. The Balaban J connectivity index is 1.18. The van der Waals surface area contributed by atoms with Crippen molar-refractivity contribution in [1.29, 1.82) is 5.26 Å². The van der Waals surface area contributed by atoms with Gasteiger partial charge in [-0.05, 0) is 84.4 Å². The molecule has 0 saturated carbocycles. The number of para-hydroxylation sites is 2. The van der Waals surface area contributed by atoms with Crippen LogP contribution in [-0.2, 0) is 12.4 Å². The van der Waals surface area contributed by atoms with E-state index in [-0.39, 0.29) is 11.1 Å². The minimum Gasteiger partial charge on any atom is -0.309 e. The lowest BCUT2D eigenvalue weighted by Gasteiger charge is -2.22. The molecule has 0 aliphatic carbocycles. The molecule has 0 N–H and O–H groups in total. The van der Waals surface area contributed by atoms with E-state index in [0.29, 0.717) is 34.6 Å². The van der Waals surface area contributed by atoms with Crippen LogP contribution in [0.1, 0.15) is 16.7 Å². The first kappa shape index (κ1) is 40.4. The molecule has 0 amide bonds. The second-order valence-corrected chi connectivity index (χ2v) is 19.0. The normalized spacial score (nSPS) is 12.5. The maximum Gasteiger partial charge on any atom is 0.417 e. The van der Waals surface area contributed by atoms with Crippen LogP contribution in [0.2, 0.25) is 0 Å². The van der Waals surface area contributed by atoms with Crippen LogP contribution in [0.25, 0.3) is 118 Å². The summed E-state index contributed by atoms with van der Waals surface area (Å²) in [6.07, 6.45) is -10.2. The van der Waals surface area contributed by atoms with E-state index in [0.717, 1.165) is 90.0 Å². The van der Waals surface area contributed by atoms with Gasteiger partial charge < -0.3 is 9.13 Å². The van der Waals surface area contributed by atoms with Gasteiger partial charge in [0.1, 0.15) is 0 Å². The van der Waals surface area contributed by atoms with Crippen LogP contribution in [0.15, 0.2) is 176 Å². The van der Waals surface area contributed by atoms with Crippen molar-refractivity contribution < 1.29 is 26.3 Å². The summed E-state index contributed by atoms with van der Waals surface area (Å²) in [7, 11) is 0. The predicted molar refractivity (Wildman–Crippen MR) is 266 cm³/mol. The standard InChI is InChI=1S/C57H29F6N3S2/c58-56(59,60)41-14-9-15-42(57(61,62)63)51(41)32-21-25-46(66-44-17-6-2-13-38(44)53-48(66)27-23-36-34-11-4-8-19-50(34)68-55(36)53)40(29-32)39-28-31(30-64)20-24-45(39)65-43-16-5-1-12-37(43)52-47(65)26-22-35-33-10-3-7-18-49(33)67-54(35)52/h1-29H. The highest BCUT2D eigenvalue weighted by atomic mass is 32.1. The number of hydrogen-bond acceptors (Lipinski definition) is 3. The van der Waals surface area contributed by atoms with Crippen LogP contribution >= 0.6 is 22.7 Å². The first-order valence-electron chi connectivity index (χ1n) is 21.6. The molecule has 13 aromatic rings. The van der Waals surface area contributed by atoms with Crippen molar-refractivity contribution in [2.45, 2.75) is 12.4 Å². The monoisotopic (exact) mass is 933 g/mol. The third-order valence-corrected chi connectivity index (χ3v) is 15.6. The van der Waals surface area contributed by atoms with Gasteiger partial charge >= 0.3 is 12.4 Å². The highest BCUT2D eigenvalue weighted by Gasteiger charge is 2.41. The van der Waals surface area contributed by atoms with Crippen LogP contribution in [0.4, 0.5) is 26.3 Å². The van der Waals surface area contributed by atoms with Gasteiger partial charge in [0.2, 0.25) is 0 Å². The van der Waals surface area contributed by atoms with Gasteiger partial charge in [-0.2, -0.15) is 31.6 Å². The number of halogens is 6. The largest absolute Gasteiger partial charge is 0.417 e. The van der Waals surface area contributed by atoms with Gasteiger partial charge in [-0.3, -0.25) is 0 Å². The zero-order valence-electron chi connectivity index (χ0n) is 35.2. The van der Waals surface area contributed by atoms with Gasteiger partial charge in [-0.25, -0.2) is 0 Å². The molecule has 0 fully saturated rings. The van der Waals surface area contributed by atoms with E-state index in [9.17, 15) is 31.6 Å². The topological polar surface area (TPSA) is 33.6 Å². The molecule has 0 atom stereocenters. The number of nitrogens with zero attached hydrogens (tertiary/aromatic N) is 3. The van der Waals surface area contributed by atoms with Crippen molar-refractivity contribution in [3.63, 3.8) is 0 Å². The Hall–Kier alpha value is -7.91. The van der Waals surface area contributed by atoms with Crippen molar-refractivity contribution in [2.75, 3.05) is 0 Å². The molecule has 0 radical (unpaired) electrons. The number of alkyl halides is 6. The van der Waals surface area contributed by atoms with Crippen LogP contribution in [0.5, 0.6) is 0 Å². The minimum absolute atomic E-state index is 0.258. The highest BCUT2D eigenvalue weighted by Crippen LogP contribution is 2.50. The number of benzene rings is 9. The van der Waals surface area contributed by atoms with Crippen LogP contribution < -0.4 is 0 Å². The van der Waals surface area contributed by atoms with Gasteiger partial charge in [0, 0.05) is 78.6 Å². The number of thiophene rings is 2. The number of aromatic nitrogens is 2. The lowest BCUT2D eigenvalue weighted by Crippen LogP contribution is -2.14. The van der Waals surface area contributed by atoms with Gasteiger partial charge in [0.15, 0.2) is 0 Å². The van der Waals surface area contributed by atoms with E-state index in [1.807, 2.05) is 83.4 Å².